The minimum absolute atomic E-state index is 0.111. The predicted molar refractivity (Wildman–Crippen MR) is 127 cm³/mol. The van der Waals surface area contributed by atoms with Gasteiger partial charge >= 0.3 is 12.4 Å². The molecule has 4 heterocycles. The van der Waals surface area contributed by atoms with Gasteiger partial charge in [0.2, 0.25) is 5.91 Å². The molecular weight excluding hydrogens is 475 g/mol. The molecule has 4 saturated heterocycles. The first-order chi connectivity index (χ1) is 17.2. The molecule has 4 atom stereocenters. The standard InChI is InChI=1S/C25H32F3N5O3/c26-25(27,28)36-21-4-1-17(2-5-21)3-6-23(34)31-10-7-18-14-33(15-19(18)8-11-31)24(35)32-12-9-22-20(16-32)13-29-30-22/h1-6,18-20,22,29-30H,7-16H2/b6-3+/t18-,19+,20?,22?. The zero-order valence-corrected chi connectivity index (χ0v) is 20.0. The molecule has 4 aliphatic heterocycles. The van der Waals surface area contributed by atoms with E-state index in [1.807, 2.05) is 14.7 Å². The molecule has 5 rings (SSSR count). The van der Waals surface area contributed by atoms with Crippen molar-refractivity contribution in [3.63, 3.8) is 0 Å². The number of hydrogen-bond acceptors (Lipinski definition) is 5. The summed E-state index contributed by atoms with van der Waals surface area (Å²) in [7, 11) is 0. The van der Waals surface area contributed by atoms with E-state index in [0.29, 0.717) is 42.4 Å². The average molecular weight is 508 g/mol. The molecule has 0 radical (unpaired) electrons. The van der Waals surface area contributed by atoms with E-state index in [1.54, 1.807) is 6.08 Å². The first-order valence-electron chi connectivity index (χ1n) is 12.6. The summed E-state index contributed by atoms with van der Waals surface area (Å²) in [4.78, 5) is 31.8. The van der Waals surface area contributed by atoms with Gasteiger partial charge in [-0.05, 0) is 54.9 Å². The fourth-order valence-corrected chi connectivity index (χ4v) is 5.90. The number of ether oxygens (including phenoxy) is 1. The molecule has 0 saturated carbocycles. The van der Waals surface area contributed by atoms with Crippen molar-refractivity contribution in [2.45, 2.75) is 31.7 Å². The molecule has 0 aromatic heterocycles. The predicted octanol–water partition coefficient (Wildman–Crippen LogP) is 2.69. The maximum absolute atomic E-state index is 13.2. The van der Waals surface area contributed by atoms with E-state index in [9.17, 15) is 22.8 Å². The highest BCUT2D eigenvalue weighted by atomic mass is 19.4. The Morgan fingerprint density at radius 2 is 1.53 bits per heavy atom. The lowest BCUT2D eigenvalue weighted by Crippen LogP contribution is -2.51. The molecule has 36 heavy (non-hydrogen) atoms. The molecule has 0 spiro atoms. The molecule has 1 aromatic carbocycles. The van der Waals surface area contributed by atoms with Gasteiger partial charge in [-0.1, -0.05) is 12.1 Å². The van der Waals surface area contributed by atoms with Gasteiger partial charge in [-0.25, -0.2) is 4.79 Å². The minimum Gasteiger partial charge on any atom is -0.406 e. The van der Waals surface area contributed by atoms with Crippen LogP contribution in [0, 0.1) is 17.8 Å². The molecule has 4 aliphatic rings. The van der Waals surface area contributed by atoms with E-state index in [2.05, 4.69) is 15.6 Å². The summed E-state index contributed by atoms with van der Waals surface area (Å²) in [6.07, 6.45) is 1.02. The number of alkyl halides is 3. The van der Waals surface area contributed by atoms with Crippen molar-refractivity contribution in [3.8, 4) is 5.75 Å². The number of urea groups is 1. The van der Waals surface area contributed by atoms with E-state index in [0.717, 1.165) is 52.0 Å². The van der Waals surface area contributed by atoms with Crippen molar-refractivity contribution in [3.05, 3.63) is 35.9 Å². The number of carbonyl (C=O) groups excluding carboxylic acids is 2. The monoisotopic (exact) mass is 507 g/mol. The lowest BCUT2D eigenvalue weighted by atomic mass is 9.92. The molecule has 2 N–H and O–H groups in total. The van der Waals surface area contributed by atoms with E-state index in [4.69, 9.17) is 0 Å². The first-order valence-corrected chi connectivity index (χ1v) is 12.6. The Labute approximate surface area is 208 Å². The molecule has 0 bridgehead atoms. The van der Waals surface area contributed by atoms with E-state index >= 15 is 0 Å². The third kappa shape index (κ3) is 5.78. The third-order valence-corrected chi connectivity index (χ3v) is 7.89. The summed E-state index contributed by atoms with van der Waals surface area (Å²) in [5, 5.41) is 0. The van der Waals surface area contributed by atoms with Crippen molar-refractivity contribution in [2.75, 3.05) is 45.8 Å². The summed E-state index contributed by atoms with van der Waals surface area (Å²) in [6.45, 7) is 5.24. The largest absolute Gasteiger partial charge is 0.573 e. The highest BCUT2D eigenvalue weighted by Crippen LogP contribution is 2.33. The number of halogens is 3. The van der Waals surface area contributed by atoms with Crippen LogP contribution >= 0.6 is 0 Å². The Balaban J connectivity index is 1.10. The van der Waals surface area contributed by atoms with Gasteiger partial charge in [0.1, 0.15) is 5.75 Å². The zero-order chi connectivity index (χ0) is 25.3. The average Bonchev–Trinajstić information content (AvgIpc) is 3.44. The Morgan fingerprint density at radius 1 is 0.889 bits per heavy atom. The number of nitrogens with zero attached hydrogens (tertiary/aromatic N) is 3. The fraction of sp³-hybridized carbons (Fsp3) is 0.600. The van der Waals surface area contributed by atoms with Gasteiger partial charge in [0.25, 0.3) is 0 Å². The van der Waals surface area contributed by atoms with Gasteiger partial charge in [0, 0.05) is 63.8 Å². The Morgan fingerprint density at radius 3 is 2.19 bits per heavy atom. The highest BCUT2D eigenvalue weighted by molar-refractivity contribution is 5.91. The number of nitrogens with one attached hydrogen (secondary N) is 2. The normalized spacial score (nSPS) is 28.7. The highest BCUT2D eigenvalue weighted by Gasteiger charge is 2.41. The first kappa shape index (κ1) is 24.9. The van der Waals surface area contributed by atoms with Crippen LogP contribution in [0.5, 0.6) is 5.75 Å². The van der Waals surface area contributed by atoms with E-state index < -0.39 is 6.36 Å². The van der Waals surface area contributed by atoms with Crippen molar-refractivity contribution < 1.29 is 27.5 Å². The number of likely N-dealkylation sites (tertiary alicyclic amines) is 3. The topological polar surface area (TPSA) is 77.2 Å². The Kier molecular flexibility index (Phi) is 7.11. The fourth-order valence-electron chi connectivity index (χ4n) is 5.90. The van der Waals surface area contributed by atoms with E-state index in [-0.39, 0.29) is 17.7 Å². The lowest BCUT2D eigenvalue weighted by molar-refractivity contribution is -0.274. The summed E-state index contributed by atoms with van der Waals surface area (Å²) < 4.78 is 40.8. The quantitative estimate of drug-likeness (QED) is 0.616. The molecule has 4 fully saturated rings. The van der Waals surface area contributed by atoms with Crippen LogP contribution in [-0.2, 0) is 4.79 Å². The maximum Gasteiger partial charge on any atom is 0.573 e. The zero-order valence-electron chi connectivity index (χ0n) is 20.0. The molecule has 1 aromatic rings. The molecule has 3 amide bonds. The van der Waals surface area contributed by atoms with E-state index in [1.165, 1.54) is 30.3 Å². The van der Waals surface area contributed by atoms with Crippen LogP contribution in [0.3, 0.4) is 0 Å². The molecule has 2 unspecified atom stereocenters. The van der Waals surface area contributed by atoms with Crippen LogP contribution in [0.1, 0.15) is 24.8 Å². The van der Waals surface area contributed by atoms with Gasteiger partial charge in [-0.3, -0.25) is 15.6 Å². The minimum atomic E-state index is -4.73. The lowest BCUT2D eigenvalue weighted by Gasteiger charge is -2.36. The summed E-state index contributed by atoms with van der Waals surface area (Å²) in [5.74, 6) is 0.845. The molecule has 0 aliphatic carbocycles. The third-order valence-electron chi connectivity index (χ3n) is 7.89. The maximum atomic E-state index is 13.2. The number of benzene rings is 1. The van der Waals surface area contributed by atoms with Crippen LogP contribution in [0.15, 0.2) is 30.3 Å². The number of hydrogen-bond donors (Lipinski definition) is 2. The second-order valence-corrected chi connectivity index (χ2v) is 10.2. The number of fused-ring (bicyclic) bond motifs is 2. The van der Waals surface area contributed by atoms with Gasteiger partial charge in [-0.2, -0.15) is 0 Å². The SMILES string of the molecule is O=C(/C=C/c1ccc(OC(F)(F)F)cc1)N1CC[C@@H]2CN(C(=O)N3CCC4NNCC4C3)C[C@@H]2CC1. The van der Waals surface area contributed by atoms with Crippen molar-refractivity contribution >= 4 is 18.0 Å². The number of hydrazine groups is 1. The summed E-state index contributed by atoms with van der Waals surface area (Å²) in [5.41, 5.74) is 7.11. The number of carbonyl (C=O) groups is 2. The number of amides is 3. The van der Waals surface area contributed by atoms with Gasteiger partial charge in [0.15, 0.2) is 0 Å². The smallest absolute Gasteiger partial charge is 0.406 e. The summed E-state index contributed by atoms with van der Waals surface area (Å²) >= 11 is 0. The van der Waals surface area contributed by atoms with Crippen molar-refractivity contribution in [2.24, 2.45) is 17.8 Å². The van der Waals surface area contributed by atoms with Crippen LogP contribution < -0.4 is 15.6 Å². The Bertz CT molecular complexity index is 970. The van der Waals surface area contributed by atoms with Crippen LogP contribution in [0.25, 0.3) is 6.08 Å². The molecule has 11 heteroatoms. The van der Waals surface area contributed by atoms with Gasteiger partial charge in [-0.15, -0.1) is 13.2 Å². The van der Waals surface area contributed by atoms with Crippen LogP contribution in [0.2, 0.25) is 0 Å². The van der Waals surface area contributed by atoms with Crippen LogP contribution in [0.4, 0.5) is 18.0 Å². The molecule has 8 nitrogen and oxygen atoms in total. The molecule has 196 valence electrons. The van der Waals surface area contributed by atoms with Gasteiger partial charge < -0.3 is 19.4 Å². The van der Waals surface area contributed by atoms with Gasteiger partial charge in [0.05, 0.1) is 0 Å². The summed E-state index contributed by atoms with van der Waals surface area (Å²) in [6, 6.07) is 6.01. The van der Waals surface area contributed by atoms with Crippen LogP contribution in [-0.4, -0.2) is 84.9 Å². The van der Waals surface area contributed by atoms with Crippen molar-refractivity contribution in [1.82, 2.24) is 25.6 Å². The number of piperidine rings is 1. The second-order valence-electron chi connectivity index (χ2n) is 10.2. The Hall–Kier alpha value is -2.79. The molecular formula is C25H32F3N5O3. The number of rotatable bonds is 3. The second kappa shape index (κ2) is 10.3. The van der Waals surface area contributed by atoms with Crippen molar-refractivity contribution in [1.29, 1.82) is 0 Å².